The second-order valence-electron chi connectivity index (χ2n) is 3.38. The predicted octanol–water partition coefficient (Wildman–Crippen LogP) is 1.26. The summed E-state index contributed by atoms with van der Waals surface area (Å²) in [5.74, 6) is 5.76. The van der Waals surface area contributed by atoms with Crippen molar-refractivity contribution < 1.29 is 0 Å². The van der Waals surface area contributed by atoms with Crippen LogP contribution in [0.5, 0.6) is 0 Å². The van der Waals surface area contributed by atoms with Gasteiger partial charge >= 0.3 is 0 Å². The lowest BCUT2D eigenvalue weighted by Crippen LogP contribution is -1.96. The molecule has 1 heterocycles. The molecule has 0 aliphatic heterocycles. The molecule has 0 fully saturated rings. The molecular formula is C13H12N4. The Hall–Kier alpha value is -2.38. The van der Waals surface area contributed by atoms with Crippen molar-refractivity contribution in [2.24, 2.45) is 5.73 Å². The molecule has 0 unspecified atom stereocenters. The molecule has 0 atom stereocenters. The van der Waals surface area contributed by atoms with E-state index in [1.807, 2.05) is 30.5 Å². The molecule has 84 valence electrons. The van der Waals surface area contributed by atoms with Crippen LogP contribution in [-0.2, 0) is 6.54 Å². The van der Waals surface area contributed by atoms with Crippen LogP contribution in [0.2, 0.25) is 0 Å². The molecule has 0 aliphatic carbocycles. The van der Waals surface area contributed by atoms with E-state index in [-0.39, 0.29) is 0 Å². The summed E-state index contributed by atoms with van der Waals surface area (Å²) in [5.41, 5.74) is 8.11. The first kappa shape index (κ1) is 11.1. The fourth-order valence-corrected chi connectivity index (χ4v) is 1.35. The van der Waals surface area contributed by atoms with Gasteiger partial charge in [0.25, 0.3) is 0 Å². The van der Waals surface area contributed by atoms with Crippen LogP contribution in [0.25, 0.3) is 5.69 Å². The van der Waals surface area contributed by atoms with Gasteiger partial charge in [0.05, 0.1) is 17.6 Å². The molecule has 0 saturated heterocycles. The molecule has 2 aromatic rings. The normalized spacial score (nSPS) is 9.47. The summed E-state index contributed by atoms with van der Waals surface area (Å²) >= 11 is 0. The van der Waals surface area contributed by atoms with Crippen LogP contribution in [-0.4, -0.2) is 15.0 Å². The molecule has 2 rings (SSSR count). The van der Waals surface area contributed by atoms with E-state index in [0.717, 1.165) is 16.9 Å². The highest BCUT2D eigenvalue weighted by Gasteiger charge is 2.00. The summed E-state index contributed by atoms with van der Waals surface area (Å²) in [5, 5.41) is 7.91. The third kappa shape index (κ3) is 2.60. The fourth-order valence-electron chi connectivity index (χ4n) is 1.35. The highest BCUT2D eigenvalue weighted by Crippen LogP contribution is 2.08. The zero-order chi connectivity index (χ0) is 12.1. The minimum Gasteiger partial charge on any atom is -0.325 e. The molecule has 0 amide bonds. The van der Waals surface area contributed by atoms with Crippen molar-refractivity contribution in [1.29, 1.82) is 0 Å². The maximum atomic E-state index is 5.48. The molecule has 0 radical (unpaired) electrons. The van der Waals surface area contributed by atoms with E-state index >= 15 is 0 Å². The average molecular weight is 224 g/mol. The third-order valence-corrected chi connectivity index (χ3v) is 2.20. The molecule has 0 aliphatic rings. The van der Waals surface area contributed by atoms with Gasteiger partial charge in [0.15, 0.2) is 0 Å². The summed E-state index contributed by atoms with van der Waals surface area (Å²) in [6.07, 6.45) is 3.38. The van der Waals surface area contributed by atoms with E-state index in [2.05, 4.69) is 28.7 Å². The fraction of sp³-hybridized carbons (Fsp3) is 0.0769. The minimum absolute atomic E-state index is 0.392. The summed E-state index contributed by atoms with van der Waals surface area (Å²) in [7, 11) is 0. The number of aromatic nitrogens is 3. The first-order chi connectivity index (χ1) is 8.33. The summed E-state index contributed by atoms with van der Waals surface area (Å²) in [6, 6.07) is 7.72. The largest absolute Gasteiger partial charge is 0.325 e. The zero-order valence-corrected chi connectivity index (χ0v) is 9.30. The molecule has 1 aromatic carbocycles. The lowest BCUT2D eigenvalue weighted by atomic mass is 10.2. The van der Waals surface area contributed by atoms with Gasteiger partial charge < -0.3 is 5.73 Å². The summed E-state index contributed by atoms with van der Waals surface area (Å²) in [4.78, 5) is 0. The van der Waals surface area contributed by atoms with Crippen LogP contribution in [0.15, 0.2) is 43.1 Å². The highest BCUT2D eigenvalue weighted by molar-refractivity contribution is 5.42. The molecule has 4 heteroatoms. The third-order valence-electron chi connectivity index (χ3n) is 2.20. The van der Waals surface area contributed by atoms with Gasteiger partial charge in [-0.1, -0.05) is 23.6 Å². The Morgan fingerprint density at radius 3 is 2.71 bits per heavy atom. The topological polar surface area (TPSA) is 56.7 Å². The van der Waals surface area contributed by atoms with Crippen molar-refractivity contribution in [3.8, 4) is 17.5 Å². The average Bonchev–Trinajstić information content (AvgIpc) is 2.86. The van der Waals surface area contributed by atoms with Gasteiger partial charge in [0, 0.05) is 12.1 Å². The second kappa shape index (κ2) is 5.10. The van der Waals surface area contributed by atoms with Crippen molar-refractivity contribution in [2.75, 3.05) is 0 Å². The van der Waals surface area contributed by atoms with Gasteiger partial charge in [-0.05, 0) is 30.3 Å². The number of benzene rings is 1. The Bertz CT molecular complexity index is 569. The minimum atomic E-state index is 0.392. The van der Waals surface area contributed by atoms with E-state index in [0.29, 0.717) is 6.54 Å². The molecule has 17 heavy (non-hydrogen) atoms. The first-order valence-corrected chi connectivity index (χ1v) is 5.17. The predicted molar refractivity (Wildman–Crippen MR) is 66.3 cm³/mol. The van der Waals surface area contributed by atoms with Crippen LogP contribution in [0, 0.1) is 11.8 Å². The van der Waals surface area contributed by atoms with E-state index in [1.165, 1.54) is 0 Å². The van der Waals surface area contributed by atoms with Gasteiger partial charge in [-0.15, -0.1) is 5.10 Å². The lowest BCUT2D eigenvalue weighted by molar-refractivity contribution is 0.796. The molecule has 0 saturated carbocycles. The smallest absolute Gasteiger partial charge is 0.0967 e. The van der Waals surface area contributed by atoms with Crippen molar-refractivity contribution in [1.82, 2.24) is 15.0 Å². The van der Waals surface area contributed by atoms with Gasteiger partial charge in [0.1, 0.15) is 0 Å². The Labute approximate surface area is 99.8 Å². The molecule has 1 aromatic heterocycles. The molecule has 0 spiro atoms. The Kier molecular flexibility index (Phi) is 3.34. The van der Waals surface area contributed by atoms with Crippen LogP contribution in [0.4, 0.5) is 0 Å². The van der Waals surface area contributed by atoms with Gasteiger partial charge in [-0.2, -0.15) is 0 Å². The molecular weight excluding hydrogens is 212 g/mol. The Balaban J connectivity index is 2.25. The quantitative estimate of drug-likeness (QED) is 0.781. The second-order valence-corrected chi connectivity index (χ2v) is 3.38. The number of hydrogen-bond donors (Lipinski definition) is 1. The van der Waals surface area contributed by atoms with Gasteiger partial charge in [-0.25, -0.2) is 4.68 Å². The van der Waals surface area contributed by atoms with Crippen molar-refractivity contribution in [2.45, 2.75) is 6.54 Å². The van der Waals surface area contributed by atoms with Gasteiger partial charge in [0.2, 0.25) is 0 Å². The lowest BCUT2D eigenvalue weighted by Gasteiger charge is -1.99. The maximum Gasteiger partial charge on any atom is 0.0967 e. The molecule has 0 bridgehead atoms. The van der Waals surface area contributed by atoms with E-state index in [9.17, 15) is 0 Å². The Morgan fingerprint density at radius 1 is 1.35 bits per heavy atom. The first-order valence-electron chi connectivity index (χ1n) is 5.17. The van der Waals surface area contributed by atoms with E-state index in [1.54, 1.807) is 10.8 Å². The van der Waals surface area contributed by atoms with Gasteiger partial charge in [-0.3, -0.25) is 0 Å². The van der Waals surface area contributed by atoms with Crippen LogP contribution < -0.4 is 5.73 Å². The SMILES string of the molecule is C=CC#Cc1ccc(-n2cc(CN)nn2)cc1. The monoisotopic (exact) mass is 224 g/mol. The molecule has 4 nitrogen and oxygen atoms in total. The standard InChI is InChI=1S/C13H12N4/c1-2-3-4-11-5-7-13(8-6-11)17-10-12(9-14)15-16-17/h2,5-8,10H,1,9,14H2. The van der Waals surface area contributed by atoms with Crippen LogP contribution in [0.3, 0.4) is 0 Å². The molecule has 2 N–H and O–H groups in total. The van der Waals surface area contributed by atoms with Crippen molar-refractivity contribution >= 4 is 0 Å². The maximum absolute atomic E-state index is 5.48. The number of rotatable bonds is 2. The summed E-state index contributed by atoms with van der Waals surface area (Å²) < 4.78 is 1.69. The number of allylic oxidation sites excluding steroid dienone is 1. The van der Waals surface area contributed by atoms with Crippen molar-refractivity contribution in [3.63, 3.8) is 0 Å². The highest BCUT2D eigenvalue weighted by atomic mass is 15.4. The van der Waals surface area contributed by atoms with Crippen LogP contribution in [0.1, 0.15) is 11.3 Å². The van der Waals surface area contributed by atoms with Crippen molar-refractivity contribution in [3.05, 3.63) is 54.4 Å². The Morgan fingerprint density at radius 2 is 2.12 bits per heavy atom. The van der Waals surface area contributed by atoms with E-state index in [4.69, 9.17) is 5.73 Å². The summed E-state index contributed by atoms with van der Waals surface area (Å²) in [6.45, 7) is 3.94. The number of nitrogens with two attached hydrogens (primary N) is 1. The number of nitrogens with zero attached hydrogens (tertiary/aromatic N) is 3. The number of hydrogen-bond acceptors (Lipinski definition) is 3. The van der Waals surface area contributed by atoms with E-state index < -0.39 is 0 Å². The van der Waals surface area contributed by atoms with Crippen LogP contribution >= 0.6 is 0 Å². The zero-order valence-electron chi connectivity index (χ0n) is 9.30.